The summed E-state index contributed by atoms with van der Waals surface area (Å²) in [7, 11) is 1.43. The van der Waals surface area contributed by atoms with Crippen molar-refractivity contribution in [3.8, 4) is 11.5 Å². The highest BCUT2D eigenvalue weighted by Crippen LogP contribution is 2.40. The molecule has 0 aliphatic heterocycles. The molecule has 0 heterocycles. The van der Waals surface area contributed by atoms with Crippen LogP contribution in [-0.2, 0) is 0 Å². The quantitative estimate of drug-likeness (QED) is 0.522. The zero-order valence-electron chi connectivity index (χ0n) is 6.89. The van der Waals surface area contributed by atoms with Crippen molar-refractivity contribution in [1.82, 2.24) is 0 Å². The van der Waals surface area contributed by atoms with Gasteiger partial charge in [-0.05, 0) is 18.6 Å². The van der Waals surface area contributed by atoms with Gasteiger partial charge in [0.2, 0.25) is 0 Å². The first-order chi connectivity index (χ1) is 5.57. The van der Waals surface area contributed by atoms with Gasteiger partial charge >= 0.3 is 0 Å². The van der Waals surface area contributed by atoms with Gasteiger partial charge in [-0.2, -0.15) is 0 Å². The molecule has 0 fully saturated rings. The van der Waals surface area contributed by atoms with Crippen LogP contribution in [0.4, 0.5) is 5.69 Å². The van der Waals surface area contributed by atoms with E-state index in [1.54, 1.807) is 13.0 Å². The summed E-state index contributed by atoms with van der Waals surface area (Å²) in [5, 5.41) is 9.76. The monoisotopic (exact) mass is 187 g/mol. The minimum atomic E-state index is -0.104. The van der Waals surface area contributed by atoms with Crippen molar-refractivity contribution < 1.29 is 9.84 Å². The third-order valence-electron chi connectivity index (χ3n) is 1.61. The highest BCUT2D eigenvalue weighted by atomic mass is 35.5. The van der Waals surface area contributed by atoms with Crippen molar-refractivity contribution in [3.05, 3.63) is 16.7 Å². The summed E-state index contributed by atoms with van der Waals surface area (Å²) in [5.41, 5.74) is 6.53. The molecule has 1 aromatic rings. The van der Waals surface area contributed by atoms with Crippen LogP contribution in [0.25, 0.3) is 0 Å². The van der Waals surface area contributed by atoms with Crippen LogP contribution in [0.1, 0.15) is 5.56 Å². The normalized spacial score (nSPS) is 9.92. The molecule has 0 unspecified atom stereocenters. The first-order valence-corrected chi connectivity index (χ1v) is 3.77. The minimum Gasteiger partial charge on any atom is -0.503 e. The first-order valence-electron chi connectivity index (χ1n) is 3.39. The first kappa shape index (κ1) is 9.00. The van der Waals surface area contributed by atoms with E-state index >= 15 is 0 Å². The number of ether oxygens (including phenoxy) is 1. The topological polar surface area (TPSA) is 55.5 Å². The van der Waals surface area contributed by atoms with Gasteiger partial charge in [-0.25, -0.2) is 0 Å². The summed E-state index contributed by atoms with van der Waals surface area (Å²) in [6.07, 6.45) is 0. The Labute approximate surface area is 75.7 Å². The zero-order valence-corrected chi connectivity index (χ0v) is 7.64. The van der Waals surface area contributed by atoms with E-state index in [0.717, 1.165) is 5.56 Å². The number of hydrogen-bond acceptors (Lipinski definition) is 3. The maximum atomic E-state index is 9.37. The highest BCUT2D eigenvalue weighted by molar-refractivity contribution is 6.33. The summed E-state index contributed by atoms with van der Waals surface area (Å²) < 4.78 is 4.88. The number of halogens is 1. The Hall–Kier alpha value is -1.09. The lowest BCUT2D eigenvalue weighted by Gasteiger charge is -2.09. The van der Waals surface area contributed by atoms with Gasteiger partial charge in [0.15, 0.2) is 11.5 Å². The van der Waals surface area contributed by atoms with Crippen LogP contribution >= 0.6 is 11.6 Å². The lowest BCUT2D eigenvalue weighted by molar-refractivity contribution is 0.374. The summed E-state index contributed by atoms with van der Waals surface area (Å²) >= 11 is 5.83. The largest absolute Gasteiger partial charge is 0.503 e. The molecule has 0 aromatic heterocycles. The number of benzene rings is 1. The van der Waals surface area contributed by atoms with Crippen LogP contribution < -0.4 is 10.5 Å². The van der Waals surface area contributed by atoms with E-state index < -0.39 is 0 Å². The van der Waals surface area contributed by atoms with E-state index in [2.05, 4.69) is 0 Å². The van der Waals surface area contributed by atoms with Crippen LogP contribution in [0.15, 0.2) is 6.07 Å². The average molecular weight is 188 g/mol. The number of aromatic hydroxyl groups is 1. The van der Waals surface area contributed by atoms with Crippen molar-refractivity contribution in [3.63, 3.8) is 0 Å². The lowest BCUT2D eigenvalue weighted by atomic mass is 10.2. The Morgan fingerprint density at radius 1 is 1.58 bits per heavy atom. The minimum absolute atomic E-state index is 0.104. The Balaban J connectivity index is 3.42. The molecule has 0 atom stereocenters. The summed E-state index contributed by atoms with van der Waals surface area (Å²) in [6, 6.07) is 1.60. The number of nitrogen functional groups attached to an aromatic ring is 1. The van der Waals surface area contributed by atoms with Gasteiger partial charge in [-0.1, -0.05) is 11.6 Å². The molecular weight excluding hydrogens is 178 g/mol. The van der Waals surface area contributed by atoms with Crippen LogP contribution in [0, 0.1) is 6.92 Å². The maximum Gasteiger partial charge on any atom is 0.182 e. The second kappa shape index (κ2) is 3.11. The molecule has 0 amide bonds. The molecule has 0 saturated carbocycles. The van der Waals surface area contributed by atoms with E-state index in [0.29, 0.717) is 5.02 Å². The number of nitrogens with two attached hydrogens (primary N) is 1. The van der Waals surface area contributed by atoms with Crippen LogP contribution in [0.2, 0.25) is 5.02 Å². The Morgan fingerprint density at radius 2 is 2.17 bits per heavy atom. The van der Waals surface area contributed by atoms with Gasteiger partial charge in [0.1, 0.15) is 0 Å². The van der Waals surface area contributed by atoms with Crippen molar-refractivity contribution >= 4 is 17.3 Å². The standard InChI is InChI=1S/C8H10ClNO2/c1-4-3-5(10)7(11)8(12-2)6(4)9/h3,11H,10H2,1-2H3. The second-order valence-corrected chi connectivity index (χ2v) is 2.86. The molecule has 0 spiro atoms. The van der Waals surface area contributed by atoms with E-state index in [-0.39, 0.29) is 17.2 Å². The molecule has 0 saturated heterocycles. The summed E-state index contributed by atoms with van der Waals surface area (Å²) in [4.78, 5) is 0. The number of hydrogen-bond donors (Lipinski definition) is 2. The van der Waals surface area contributed by atoms with Crippen molar-refractivity contribution in [1.29, 1.82) is 0 Å². The molecule has 0 aliphatic carbocycles. The smallest absolute Gasteiger partial charge is 0.182 e. The number of phenolic OH excluding ortho intramolecular Hbond substituents is 1. The molecular formula is C8H10ClNO2. The molecule has 1 rings (SSSR count). The van der Waals surface area contributed by atoms with Crippen LogP contribution in [0.3, 0.4) is 0 Å². The predicted octanol–water partition coefficient (Wildman–Crippen LogP) is 1.94. The zero-order chi connectivity index (χ0) is 9.30. The Kier molecular flexibility index (Phi) is 2.33. The maximum absolute atomic E-state index is 9.37. The van der Waals surface area contributed by atoms with E-state index in [1.165, 1.54) is 7.11 Å². The van der Waals surface area contributed by atoms with Crippen molar-refractivity contribution in [2.75, 3.05) is 12.8 Å². The Bertz CT molecular complexity index is 286. The van der Waals surface area contributed by atoms with E-state index in [9.17, 15) is 5.11 Å². The van der Waals surface area contributed by atoms with Gasteiger partial charge in [0.25, 0.3) is 0 Å². The molecule has 66 valence electrons. The summed E-state index contributed by atoms with van der Waals surface area (Å²) in [6.45, 7) is 1.79. The Morgan fingerprint density at radius 3 is 2.67 bits per heavy atom. The number of rotatable bonds is 1. The van der Waals surface area contributed by atoms with Gasteiger partial charge in [0, 0.05) is 0 Å². The van der Waals surface area contributed by atoms with E-state index in [1.807, 2.05) is 0 Å². The van der Waals surface area contributed by atoms with Crippen molar-refractivity contribution in [2.24, 2.45) is 0 Å². The van der Waals surface area contributed by atoms with Crippen molar-refractivity contribution in [2.45, 2.75) is 6.92 Å². The molecule has 0 aliphatic rings. The van der Waals surface area contributed by atoms with Crippen LogP contribution in [-0.4, -0.2) is 12.2 Å². The third-order valence-corrected chi connectivity index (χ3v) is 2.08. The van der Waals surface area contributed by atoms with Gasteiger partial charge in [-0.3, -0.25) is 0 Å². The number of phenols is 1. The summed E-state index contributed by atoms with van der Waals surface area (Å²) in [5.74, 6) is 0.127. The average Bonchev–Trinajstić information content (AvgIpc) is 2.02. The number of methoxy groups -OCH3 is 1. The predicted molar refractivity (Wildman–Crippen MR) is 48.8 cm³/mol. The van der Waals surface area contributed by atoms with Gasteiger partial charge in [-0.15, -0.1) is 0 Å². The lowest BCUT2D eigenvalue weighted by Crippen LogP contribution is -1.93. The van der Waals surface area contributed by atoms with E-state index in [4.69, 9.17) is 22.1 Å². The highest BCUT2D eigenvalue weighted by Gasteiger charge is 2.12. The fourth-order valence-corrected chi connectivity index (χ4v) is 1.19. The van der Waals surface area contributed by atoms with Gasteiger partial charge in [0.05, 0.1) is 17.8 Å². The SMILES string of the molecule is COc1c(O)c(N)cc(C)c1Cl. The number of aryl methyl sites for hydroxylation is 1. The van der Waals surface area contributed by atoms with Gasteiger partial charge < -0.3 is 15.6 Å². The third kappa shape index (κ3) is 1.28. The molecule has 12 heavy (non-hydrogen) atoms. The molecule has 3 nitrogen and oxygen atoms in total. The molecule has 3 N–H and O–H groups in total. The molecule has 4 heteroatoms. The molecule has 0 bridgehead atoms. The molecule has 1 aromatic carbocycles. The fourth-order valence-electron chi connectivity index (χ4n) is 0.965. The fraction of sp³-hybridized carbons (Fsp3) is 0.250. The number of anilines is 1. The second-order valence-electron chi connectivity index (χ2n) is 2.48. The molecule has 0 radical (unpaired) electrons. The van der Waals surface area contributed by atoms with Crippen LogP contribution in [0.5, 0.6) is 11.5 Å².